The predicted octanol–water partition coefficient (Wildman–Crippen LogP) is 0.990. The molecule has 13 heavy (non-hydrogen) atoms. The van der Waals surface area contributed by atoms with Crippen molar-refractivity contribution in [2.24, 2.45) is 5.16 Å². The van der Waals surface area contributed by atoms with Crippen LogP contribution in [-0.4, -0.2) is 29.7 Å². The number of carboxylic acid groups (broad SMARTS) is 1. The molecule has 5 heteroatoms. The number of nitrogens with zero attached hydrogens (tertiary/aromatic N) is 1. The lowest BCUT2D eigenvalue weighted by Crippen LogP contribution is -2.21. The molecular weight excluding hydrogens is 174 g/mol. The highest BCUT2D eigenvalue weighted by molar-refractivity contribution is 6.34. The smallest absolute Gasteiger partial charge is 0.353 e. The second-order valence-electron chi connectivity index (χ2n) is 2.88. The van der Waals surface area contributed by atoms with Gasteiger partial charge in [0.1, 0.15) is 0 Å². The number of rotatable bonds is 3. The maximum absolute atomic E-state index is 10.3. The standard InChI is InChI=1S/C8H13NO4/c1-6(8(10)11)9-13-7-4-2-3-5-12-7/h7H,2-5H2,1H3,(H,10,11). The third-order valence-electron chi connectivity index (χ3n) is 1.75. The minimum atomic E-state index is -1.07. The van der Waals surface area contributed by atoms with E-state index in [1.54, 1.807) is 0 Å². The van der Waals surface area contributed by atoms with Crippen molar-refractivity contribution in [3.63, 3.8) is 0 Å². The molecule has 5 nitrogen and oxygen atoms in total. The number of aliphatic carboxylic acids is 1. The van der Waals surface area contributed by atoms with Gasteiger partial charge in [-0.25, -0.2) is 4.79 Å². The average Bonchev–Trinajstić information content (AvgIpc) is 2.15. The van der Waals surface area contributed by atoms with Crippen LogP contribution in [0.25, 0.3) is 0 Å². The van der Waals surface area contributed by atoms with Gasteiger partial charge < -0.3 is 14.7 Å². The molecule has 1 atom stereocenters. The Bertz CT molecular complexity index is 208. The van der Waals surface area contributed by atoms with Crippen LogP contribution < -0.4 is 0 Å². The zero-order valence-electron chi connectivity index (χ0n) is 7.52. The number of oxime groups is 1. The van der Waals surface area contributed by atoms with Gasteiger partial charge in [-0.3, -0.25) is 0 Å². The summed E-state index contributed by atoms with van der Waals surface area (Å²) in [6.45, 7) is 2.04. The van der Waals surface area contributed by atoms with Crippen LogP contribution in [0.1, 0.15) is 26.2 Å². The summed E-state index contributed by atoms with van der Waals surface area (Å²) >= 11 is 0. The lowest BCUT2D eigenvalue weighted by molar-refractivity contribution is -0.162. The Hall–Kier alpha value is -1.10. The molecule has 0 radical (unpaired) electrons. The zero-order chi connectivity index (χ0) is 9.68. The summed E-state index contributed by atoms with van der Waals surface area (Å²) in [7, 11) is 0. The molecule has 1 aliphatic rings. The zero-order valence-corrected chi connectivity index (χ0v) is 7.52. The second-order valence-corrected chi connectivity index (χ2v) is 2.88. The highest BCUT2D eigenvalue weighted by Crippen LogP contribution is 2.13. The Morgan fingerprint density at radius 3 is 2.92 bits per heavy atom. The van der Waals surface area contributed by atoms with Crippen LogP contribution in [0, 0.1) is 0 Å². The van der Waals surface area contributed by atoms with Crippen molar-refractivity contribution in [3.05, 3.63) is 0 Å². The maximum atomic E-state index is 10.3. The first-order valence-corrected chi connectivity index (χ1v) is 4.25. The lowest BCUT2D eigenvalue weighted by atomic mass is 10.2. The topological polar surface area (TPSA) is 68.1 Å². The van der Waals surface area contributed by atoms with Crippen molar-refractivity contribution in [2.75, 3.05) is 6.61 Å². The molecule has 1 aliphatic heterocycles. The van der Waals surface area contributed by atoms with Crippen molar-refractivity contribution >= 4 is 11.7 Å². The molecule has 1 unspecified atom stereocenters. The Morgan fingerprint density at radius 2 is 2.38 bits per heavy atom. The van der Waals surface area contributed by atoms with Gasteiger partial charge in [0.25, 0.3) is 0 Å². The molecule has 0 aromatic rings. The van der Waals surface area contributed by atoms with Gasteiger partial charge in [0.15, 0.2) is 5.71 Å². The fourth-order valence-corrected chi connectivity index (χ4v) is 0.971. The summed E-state index contributed by atoms with van der Waals surface area (Å²) in [6.07, 6.45) is 2.47. The molecule has 1 N–H and O–H groups in total. The van der Waals surface area contributed by atoms with Crippen molar-refractivity contribution < 1.29 is 19.5 Å². The van der Waals surface area contributed by atoms with Crippen LogP contribution in [0.2, 0.25) is 0 Å². The Morgan fingerprint density at radius 1 is 1.62 bits per heavy atom. The predicted molar refractivity (Wildman–Crippen MR) is 45.4 cm³/mol. The van der Waals surface area contributed by atoms with Crippen LogP contribution in [0.15, 0.2) is 5.16 Å². The SMILES string of the molecule is CC(=NOC1CCCCO1)C(=O)O. The molecule has 0 aromatic carbocycles. The van der Waals surface area contributed by atoms with Crippen molar-refractivity contribution in [1.29, 1.82) is 0 Å². The molecule has 1 heterocycles. The summed E-state index contributed by atoms with van der Waals surface area (Å²) in [6, 6.07) is 0. The molecule has 74 valence electrons. The fourth-order valence-electron chi connectivity index (χ4n) is 0.971. The van der Waals surface area contributed by atoms with Crippen LogP contribution in [0.3, 0.4) is 0 Å². The lowest BCUT2D eigenvalue weighted by Gasteiger charge is -2.19. The monoisotopic (exact) mass is 187 g/mol. The molecule has 0 aliphatic carbocycles. The number of hydrogen-bond acceptors (Lipinski definition) is 4. The van der Waals surface area contributed by atoms with Gasteiger partial charge in [-0.2, -0.15) is 0 Å². The van der Waals surface area contributed by atoms with Crippen LogP contribution in [0.5, 0.6) is 0 Å². The summed E-state index contributed by atoms with van der Waals surface area (Å²) in [5.74, 6) is -1.07. The second kappa shape index (κ2) is 4.81. The van der Waals surface area contributed by atoms with Crippen molar-refractivity contribution in [1.82, 2.24) is 0 Å². The molecule has 0 aromatic heterocycles. The van der Waals surface area contributed by atoms with E-state index in [-0.39, 0.29) is 12.0 Å². The van der Waals surface area contributed by atoms with Crippen LogP contribution in [-0.2, 0) is 14.4 Å². The van der Waals surface area contributed by atoms with Crippen molar-refractivity contribution in [3.8, 4) is 0 Å². The van der Waals surface area contributed by atoms with E-state index in [1.807, 2.05) is 0 Å². The minimum Gasteiger partial charge on any atom is -0.477 e. The van der Waals surface area contributed by atoms with Gasteiger partial charge in [-0.15, -0.1) is 0 Å². The Balaban J connectivity index is 2.31. The van der Waals surface area contributed by atoms with E-state index in [9.17, 15) is 4.79 Å². The molecular formula is C8H13NO4. The first-order chi connectivity index (χ1) is 6.20. The Kier molecular flexibility index (Phi) is 3.70. The number of hydrogen-bond donors (Lipinski definition) is 1. The van der Waals surface area contributed by atoms with Crippen LogP contribution >= 0.6 is 0 Å². The van der Waals surface area contributed by atoms with Gasteiger partial charge in [0, 0.05) is 6.42 Å². The third-order valence-corrected chi connectivity index (χ3v) is 1.75. The first kappa shape index (κ1) is 9.98. The molecule has 0 saturated carbocycles. The van der Waals surface area contributed by atoms with E-state index >= 15 is 0 Å². The quantitative estimate of drug-likeness (QED) is 0.528. The largest absolute Gasteiger partial charge is 0.477 e. The van der Waals surface area contributed by atoms with Gasteiger partial charge in [0.05, 0.1) is 6.61 Å². The summed E-state index contributed by atoms with van der Waals surface area (Å²) in [5, 5.41) is 11.9. The van der Waals surface area contributed by atoms with Crippen molar-refractivity contribution in [2.45, 2.75) is 32.5 Å². The van der Waals surface area contributed by atoms with Gasteiger partial charge in [-0.05, 0) is 19.8 Å². The molecule has 1 saturated heterocycles. The molecule has 1 rings (SSSR count). The molecule has 0 amide bonds. The highest BCUT2D eigenvalue weighted by Gasteiger charge is 2.15. The van der Waals surface area contributed by atoms with Crippen LogP contribution in [0.4, 0.5) is 0 Å². The van der Waals surface area contributed by atoms with E-state index in [0.717, 1.165) is 19.3 Å². The number of carboxylic acids is 1. The summed E-state index contributed by atoms with van der Waals surface area (Å²) in [4.78, 5) is 15.2. The minimum absolute atomic E-state index is 0.0610. The molecule has 0 bridgehead atoms. The third kappa shape index (κ3) is 3.42. The highest BCUT2D eigenvalue weighted by atomic mass is 16.8. The van der Waals surface area contributed by atoms with E-state index in [1.165, 1.54) is 6.92 Å². The van der Waals surface area contributed by atoms with Gasteiger partial charge >= 0.3 is 5.97 Å². The fraction of sp³-hybridized carbons (Fsp3) is 0.750. The number of carbonyl (C=O) groups is 1. The van der Waals surface area contributed by atoms with E-state index in [4.69, 9.17) is 14.7 Å². The van der Waals surface area contributed by atoms with E-state index < -0.39 is 5.97 Å². The normalized spacial score (nSPS) is 24.1. The first-order valence-electron chi connectivity index (χ1n) is 4.25. The summed E-state index contributed by atoms with van der Waals surface area (Å²) < 4.78 is 5.19. The molecule has 1 fully saturated rings. The van der Waals surface area contributed by atoms with Gasteiger partial charge in [0.2, 0.25) is 6.29 Å². The summed E-state index contributed by atoms with van der Waals surface area (Å²) in [5.41, 5.74) is -0.0610. The Labute approximate surface area is 76.3 Å². The molecule has 0 spiro atoms. The van der Waals surface area contributed by atoms with E-state index in [2.05, 4.69) is 5.16 Å². The maximum Gasteiger partial charge on any atom is 0.353 e. The van der Waals surface area contributed by atoms with E-state index in [0.29, 0.717) is 6.61 Å². The number of ether oxygens (including phenoxy) is 1. The van der Waals surface area contributed by atoms with Gasteiger partial charge in [-0.1, -0.05) is 5.16 Å². The average molecular weight is 187 g/mol.